The van der Waals surface area contributed by atoms with Crippen LogP contribution >= 0.6 is 0 Å². The minimum atomic E-state index is -0.266. The molecule has 3 rings (SSSR count). The Hall–Kier alpha value is -1.56. The molecule has 5 heteroatoms. The maximum absolute atomic E-state index is 14.0. The van der Waals surface area contributed by atoms with Crippen molar-refractivity contribution in [2.24, 2.45) is 5.41 Å². The first kappa shape index (κ1) is 19.2. The molecule has 1 saturated heterocycles. The Kier molecular flexibility index (Phi) is 5.90. The minimum Gasteiger partial charge on any atom is -0.396 e. The minimum absolute atomic E-state index is 0.207. The molecule has 1 aliphatic rings. The summed E-state index contributed by atoms with van der Waals surface area (Å²) < 4.78 is 14.0. The molecule has 0 saturated carbocycles. The van der Waals surface area contributed by atoms with Gasteiger partial charge >= 0.3 is 0 Å². The lowest BCUT2D eigenvalue weighted by atomic mass is 9.94. The predicted molar refractivity (Wildman–Crippen MR) is 103 cm³/mol. The summed E-state index contributed by atoms with van der Waals surface area (Å²) in [6, 6.07) is 9.35. The number of halogens is 1. The first-order valence-corrected chi connectivity index (χ1v) is 9.47. The molecular formula is C21H30FN3O. The standard InChI is InChI=1S/C21H30FN3O/c1-21(2,3)15-25-11-10-24(14-18(25)9-12-26)13-17-8-7-16-5-4-6-19(22)20(16)23-17/h4-8,18,26H,9-15H2,1-3H3/t18-/m1/s1. The van der Waals surface area contributed by atoms with E-state index in [1.165, 1.54) is 6.07 Å². The molecular weight excluding hydrogens is 329 g/mol. The van der Waals surface area contributed by atoms with Gasteiger partial charge in [-0.3, -0.25) is 9.80 Å². The van der Waals surface area contributed by atoms with Gasteiger partial charge in [0.1, 0.15) is 11.3 Å². The fourth-order valence-electron chi connectivity index (χ4n) is 3.81. The third-order valence-electron chi connectivity index (χ3n) is 4.94. The second-order valence-electron chi connectivity index (χ2n) is 8.55. The molecule has 4 nitrogen and oxygen atoms in total. The van der Waals surface area contributed by atoms with Crippen LogP contribution in [0.25, 0.3) is 10.9 Å². The molecule has 1 N–H and O–H groups in total. The van der Waals surface area contributed by atoms with Gasteiger partial charge in [0.2, 0.25) is 0 Å². The molecule has 0 aliphatic carbocycles. The topological polar surface area (TPSA) is 39.6 Å². The number of rotatable bonds is 5. The van der Waals surface area contributed by atoms with Crippen molar-refractivity contribution in [2.45, 2.75) is 39.8 Å². The third-order valence-corrected chi connectivity index (χ3v) is 4.94. The number of hydrogen-bond donors (Lipinski definition) is 1. The van der Waals surface area contributed by atoms with Crippen LogP contribution in [0, 0.1) is 11.2 Å². The van der Waals surface area contributed by atoms with Crippen molar-refractivity contribution in [3.63, 3.8) is 0 Å². The van der Waals surface area contributed by atoms with Crippen LogP contribution < -0.4 is 0 Å². The highest BCUT2D eigenvalue weighted by Gasteiger charge is 2.29. The van der Waals surface area contributed by atoms with E-state index in [1.807, 2.05) is 18.2 Å². The Bertz CT molecular complexity index is 744. The molecule has 0 unspecified atom stereocenters. The zero-order chi connectivity index (χ0) is 18.7. The van der Waals surface area contributed by atoms with Crippen molar-refractivity contribution in [1.82, 2.24) is 14.8 Å². The van der Waals surface area contributed by atoms with E-state index in [0.29, 0.717) is 11.6 Å². The van der Waals surface area contributed by atoms with Crippen LogP contribution in [0.2, 0.25) is 0 Å². The number of para-hydroxylation sites is 1. The first-order valence-electron chi connectivity index (χ1n) is 9.47. The van der Waals surface area contributed by atoms with E-state index < -0.39 is 0 Å². The Morgan fingerprint density at radius 2 is 2.00 bits per heavy atom. The summed E-state index contributed by atoms with van der Waals surface area (Å²) in [4.78, 5) is 9.41. The normalized spacial score (nSPS) is 20.0. The maximum atomic E-state index is 14.0. The largest absolute Gasteiger partial charge is 0.396 e. The molecule has 1 fully saturated rings. The number of pyridine rings is 1. The lowest BCUT2D eigenvalue weighted by Gasteiger charge is -2.43. The van der Waals surface area contributed by atoms with Gasteiger partial charge < -0.3 is 5.11 Å². The summed E-state index contributed by atoms with van der Waals surface area (Å²) in [5, 5.41) is 10.3. The number of aliphatic hydroxyl groups excluding tert-OH is 1. The van der Waals surface area contributed by atoms with Gasteiger partial charge in [-0.1, -0.05) is 39.0 Å². The van der Waals surface area contributed by atoms with Crippen molar-refractivity contribution in [1.29, 1.82) is 0 Å². The number of aliphatic hydroxyl groups is 1. The van der Waals surface area contributed by atoms with E-state index in [2.05, 4.69) is 35.6 Å². The number of benzene rings is 1. The zero-order valence-corrected chi connectivity index (χ0v) is 16.1. The molecule has 1 aromatic carbocycles. The molecule has 1 aromatic heterocycles. The number of piperazine rings is 1. The molecule has 26 heavy (non-hydrogen) atoms. The number of nitrogens with zero attached hydrogens (tertiary/aromatic N) is 3. The lowest BCUT2D eigenvalue weighted by molar-refractivity contribution is 0.0335. The van der Waals surface area contributed by atoms with Gasteiger partial charge in [-0.25, -0.2) is 9.37 Å². The summed E-state index contributed by atoms with van der Waals surface area (Å²) in [6.07, 6.45) is 0.784. The van der Waals surface area contributed by atoms with Gasteiger partial charge in [0.25, 0.3) is 0 Å². The molecule has 1 atom stereocenters. The van der Waals surface area contributed by atoms with Crippen molar-refractivity contribution in [3.05, 3.63) is 41.8 Å². The van der Waals surface area contributed by atoms with E-state index in [1.54, 1.807) is 6.07 Å². The van der Waals surface area contributed by atoms with Crippen LogP contribution in [0.1, 0.15) is 32.9 Å². The maximum Gasteiger partial charge on any atom is 0.149 e. The molecule has 2 aromatic rings. The van der Waals surface area contributed by atoms with E-state index >= 15 is 0 Å². The number of fused-ring (bicyclic) bond motifs is 1. The molecule has 2 heterocycles. The van der Waals surface area contributed by atoms with Crippen molar-refractivity contribution in [2.75, 3.05) is 32.8 Å². The summed E-state index contributed by atoms with van der Waals surface area (Å²) >= 11 is 0. The van der Waals surface area contributed by atoms with Gasteiger partial charge in [-0.15, -0.1) is 0 Å². The van der Waals surface area contributed by atoms with E-state index in [9.17, 15) is 9.50 Å². The second kappa shape index (κ2) is 7.99. The molecule has 0 amide bonds. The lowest BCUT2D eigenvalue weighted by Crippen LogP contribution is -2.54. The Balaban J connectivity index is 1.70. The van der Waals surface area contributed by atoms with Crippen LogP contribution in [-0.2, 0) is 6.54 Å². The van der Waals surface area contributed by atoms with Crippen molar-refractivity contribution >= 4 is 10.9 Å². The molecule has 1 aliphatic heterocycles. The SMILES string of the molecule is CC(C)(C)CN1CCN(Cc2ccc3cccc(F)c3n2)C[C@H]1CCO. The predicted octanol–water partition coefficient (Wildman–Crippen LogP) is 3.29. The second-order valence-corrected chi connectivity index (χ2v) is 8.55. The Morgan fingerprint density at radius 1 is 1.19 bits per heavy atom. The van der Waals surface area contributed by atoms with Gasteiger partial charge in [-0.05, 0) is 24.0 Å². The van der Waals surface area contributed by atoms with Gasteiger partial charge in [-0.2, -0.15) is 0 Å². The molecule has 142 valence electrons. The average molecular weight is 359 g/mol. The van der Waals surface area contributed by atoms with Crippen LogP contribution in [0.15, 0.2) is 30.3 Å². The summed E-state index contributed by atoms with van der Waals surface area (Å²) in [7, 11) is 0. The van der Waals surface area contributed by atoms with Gasteiger partial charge in [0.15, 0.2) is 0 Å². The van der Waals surface area contributed by atoms with Crippen molar-refractivity contribution < 1.29 is 9.50 Å². The van der Waals surface area contributed by atoms with Crippen LogP contribution in [0.4, 0.5) is 4.39 Å². The van der Waals surface area contributed by atoms with Crippen LogP contribution in [-0.4, -0.2) is 58.7 Å². The molecule has 0 bridgehead atoms. The van der Waals surface area contributed by atoms with E-state index in [4.69, 9.17) is 0 Å². The van der Waals surface area contributed by atoms with Gasteiger partial charge in [0, 0.05) is 50.8 Å². The van der Waals surface area contributed by atoms with Crippen LogP contribution in [0.3, 0.4) is 0 Å². The highest BCUT2D eigenvalue weighted by molar-refractivity contribution is 5.79. The average Bonchev–Trinajstić information content (AvgIpc) is 2.57. The van der Waals surface area contributed by atoms with E-state index in [-0.39, 0.29) is 17.8 Å². The van der Waals surface area contributed by atoms with E-state index in [0.717, 1.165) is 50.2 Å². The fraction of sp³-hybridized carbons (Fsp3) is 0.571. The smallest absolute Gasteiger partial charge is 0.149 e. The highest BCUT2D eigenvalue weighted by Crippen LogP contribution is 2.22. The zero-order valence-electron chi connectivity index (χ0n) is 16.1. The number of hydrogen-bond acceptors (Lipinski definition) is 4. The number of aromatic nitrogens is 1. The molecule has 0 spiro atoms. The first-order chi connectivity index (χ1) is 12.4. The quantitative estimate of drug-likeness (QED) is 0.889. The summed E-state index contributed by atoms with van der Waals surface area (Å²) in [5.74, 6) is -0.266. The monoisotopic (exact) mass is 359 g/mol. The fourth-order valence-corrected chi connectivity index (χ4v) is 3.81. The molecule has 0 radical (unpaired) electrons. The summed E-state index contributed by atoms with van der Waals surface area (Å²) in [6.45, 7) is 11.6. The van der Waals surface area contributed by atoms with Crippen molar-refractivity contribution in [3.8, 4) is 0 Å². The third kappa shape index (κ3) is 4.78. The Morgan fingerprint density at radius 3 is 2.73 bits per heavy atom. The highest BCUT2D eigenvalue weighted by atomic mass is 19.1. The Labute approximate surface area is 155 Å². The van der Waals surface area contributed by atoms with Crippen LogP contribution in [0.5, 0.6) is 0 Å². The van der Waals surface area contributed by atoms with Gasteiger partial charge in [0.05, 0.1) is 5.69 Å². The summed E-state index contributed by atoms with van der Waals surface area (Å²) in [5.41, 5.74) is 1.59.